The van der Waals surface area contributed by atoms with Crippen molar-refractivity contribution in [1.29, 1.82) is 0 Å². The van der Waals surface area contributed by atoms with Crippen LogP contribution in [0.3, 0.4) is 0 Å². The molecule has 0 bridgehead atoms. The van der Waals surface area contributed by atoms with Crippen molar-refractivity contribution in [3.63, 3.8) is 0 Å². The van der Waals surface area contributed by atoms with Crippen LogP contribution >= 0.6 is 11.3 Å². The SMILES string of the molecule is O=C(NC[C@@H](c1cccs1)N1CCCC1)c1cc(-c2ccc3c(c2)OCCO3)on1. The van der Waals surface area contributed by atoms with Gasteiger partial charge in [-0.05, 0) is 55.6 Å². The fourth-order valence-electron chi connectivity index (χ4n) is 3.94. The Labute approximate surface area is 178 Å². The molecule has 1 amide bonds. The lowest BCUT2D eigenvalue weighted by atomic mass is 10.1. The van der Waals surface area contributed by atoms with Crippen LogP contribution in [-0.2, 0) is 0 Å². The summed E-state index contributed by atoms with van der Waals surface area (Å²) in [6.07, 6.45) is 2.41. The van der Waals surface area contributed by atoms with Crippen molar-refractivity contribution in [1.82, 2.24) is 15.4 Å². The van der Waals surface area contributed by atoms with Gasteiger partial charge in [0.05, 0.1) is 6.04 Å². The Morgan fingerprint density at radius 1 is 1.13 bits per heavy atom. The Bertz CT molecular complexity index is 1010. The average Bonchev–Trinajstić information content (AvgIpc) is 3.56. The minimum Gasteiger partial charge on any atom is -0.486 e. The highest BCUT2D eigenvalue weighted by Crippen LogP contribution is 2.34. The number of benzene rings is 1. The molecule has 1 fully saturated rings. The molecule has 1 atom stereocenters. The molecule has 0 aliphatic carbocycles. The fourth-order valence-corrected chi connectivity index (χ4v) is 4.80. The van der Waals surface area contributed by atoms with Crippen LogP contribution in [0.5, 0.6) is 11.5 Å². The topological polar surface area (TPSA) is 76.8 Å². The predicted octanol–water partition coefficient (Wildman–Crippen LogP) is 3.74. The summed E-state index contributed by atoms with van der Waals surface area (Å²) in [6, 6.07) is 11.6. The van der Waals surface area contributed by atoms with Crippen molar-refractivity contribution in [2.45, 2.75) is 18.9 Å². The molecule has 1 saturated heterocycles. The zero-order valence-electron chi connectivity index (χ0n) is 16.5. The number of ether oxygens (including phenoxy) is 2. The van der Waals surface area contributed by atoms with Crippen LogP contribution in [0, 0.1) is 0 Å². The molecule has 0 spiro atoms. The summed E-state index contributed by atoms with van der Waals surface area (Å²) in [7, 11) is 0. The van der Waals surface area contributed by atoms with Crippen molar-refractivity contribution in [3.8, 4) is 22.8 Å². The fraction of sp³-hybridized carbons (Fsp3) is 0.364. The molecule has 156 valence electrons. The van der Waals surface area contributed by atoms with Gasteiger partial charge in [0.25, 0.3) is 5.91 Å². The molecule has 4 heterocycles. The third-order valence-corrected chi connectivity index (χ3v) is 6.45. The van der Waals surface area contributed by atoms with E-state index in [-0.39, 0.29) is 17.6 Å². The van der Waals surface area contributed by atoms with Crippen LogP contribution in [0.4, 0.5) is 0 Å². The summed E-state index contributed by atoms with van der Waals surface area (Å²) in [4.78, 5) is 16.4. The molecular weight excluding hydrogens is 402 g/mol. The van der Waals surface area contributed by atoms with Crippen LogP contribution in [0.25, 0.3) is 11.3 Å². The van der Waals surface area contributed by atoms with E-state index in [0.717, 1.165) is 18.7 Å². The number of nitrogens with zero attached hydrogens (tertiary/aromatic N) is 2. The number of carbonyl (C=O) groups excluding carboxylic acids is 1. The van der Waals surface area contributed by atoms with Gasteiger partial charge in [-0.25, -0.2) is 0 Å². The van der Waals surface area contributed by atoms with Crippen molar-refractivity contribution in [3.05, 3.63) is 52.3 Å². The number of aromatic nitrogens is 1. The van der Waals surface area contributed by atoms with E-state index in [4.69, 9.17) is 14.0 Å². The van der Waals surface area contributed by atoms with Crippen LogP contribution in [0.1, 0.15) is 34.2 Å². The molecule has 2 aliphatic rings. The molecule has 0 saturated carbocycles. The third kappa shape index (κ3) is 3.93. The van der Waals surface area contributed by atoms with Crippen LogP contribution in [-0.4, -0.2) is 48.8 Å². The first kappa shape index (κ1) is 19.1. The van der Waals surface area contributed by atoms with Gasteiger partial charge in [0.2, 0.25) is 0 Å². The van der Waals surface area contributed by atoms with Crippen LogP contribution in [0.15, 0.2) is 46.3 Å². The first-order valence-corrected chi connectivity index (χ1v) is 11.1. The molecule has 2 aliphatic heterocycles. The summed E-state index contributed by atoms with van der Waals surface area (Å²) in [5, 5.41) is 9.09. The second-order valence-electron chi connectivity index (χ2n) is 7.42. The Kier molecular flexibility index (Phi) is 5.42. The van der Waals surface area contributed by atoms with Crippen LogP contribution in [0.2, 0.25) is 0 Å². The van der Waals surface area contributed by atoms with Gasteiger partial charge < -0.3 is 19.3 Å². The van der Waals surface area contributed by atoms with E-state index in [1.54, 1.807) is 17.4 Å². The summed E-state index contributed by atoms with van der Waals surface area (Å²) < 4.78 is 16.6. The van der Waals surface area contributed by atoms with Gasteiger partial charge in [-0.1, -0.05) is 11.2 Å². The van der Waals surface area contributed by atoms with Crippen LogP contribution < -0.4 is 14.8 Å². The van der Waals surface area contributed by atoms with E-state index >= 15 is 0 Å². The van der Waals surface area contributed by atoms with Gasteiger partial charge >= 0.3 is 0 Å². The highest BCUT2D eigenvalue weighted by atomic mass is 32.1. The largest absolute Gasteiger partial charge is 0.486 e. The molecule has 0 radical (unpaired) electrons. The second-order valence-corrected chi connectivity index (χ2v) is 8.40. The molecule has 3 aromatic rings. The van der Waals surface area contributed by atoms with E-state index in [9.17, 15) is 4.79 Å². The number of carbonyl (C=O) groups is 1. The molecule has 0 unspecified atom stereocenters. The highest BCUT2D eigenvalue weighted by Gasteiger charge is 2.25. The van der Waals surface area contributed by atoms with Crippen molar-refractivity contribution >= 4 is 17.2 Å². The predicted molar refractivity (Wildman–Crippen MR) is 113 cm³/mol. The number of hydrogen-bond acceptors (Lipinski definition) is 7. The number of thiophene rings is 1. The second kappa shape index (κ2) is 8.49. The zero-order valence-corrected chi connectivity index (χ0v) is 17.3. The number of rotatable bonds is 6. The van der Waals surface area contributed by atoms with E-state index in [1.165, 1.54) is 17.7 Å². The maximum Gasteiger partial charge on any atom is 0.273 e. The third-order valence-electron chi connectivity index (χ3n) is 5.48. The van der Waals surface area contributed by atoms with Crippen molar-refractivity contribution in [2.24, 2.45) is 0 Å². The monoisotopic (exact) mass is 425 g/mol. The smallest absolute Gasteiger partial charge is 0.273 e. The zero-order chi connectivity index (χ0) is 20.3. The first-order chi connectivity index (χ1) is 14.8. The van der Waals surface area contributed by atoms with Gasteiger partial charge in [-0.2, -0.15) is 0 Å². The first-order valence-electron chi connectivity index (χ1n) is 10.2. The molecule has 1 N–H and O–H groups in total. The quantitative estimate of drug-likeness (QED) is 0.648. The molecule has 8 heteroatoms. The Balaban J connectivity index is 1.27. The molecule has 2 aromatic heterocycles. The van der Waals surface area contributed by atoms with Gasteiger partial charge in [-0.3, -0.25) is 9.69 Å². The van der Waals surface area contributed by atoms with Gasteiger partial charge in [-0.15, -0.1) is 11.3 Å². The van der Waals surface area contributed by atoms with Gasteiger partial charge in [0, 0.05) is 23.1 Å². The van der Waals surface area contributed by atoms with Gasteiger partial charge in [0.15, 0.2) is 23.0 Å². The van der Waals surface area contributed by atoms with E-state index in [1.807, 2.05) is 18.2 Å². The maximum atomic E-state index is 12.7. The summed E-state index contributed by atoms with van der Waals surface area (Å²) in [5.74, 6) is 1.67. The number of likely N-dealkylation sites (tertiary alicyclic amines) is 1. The Morgan fingerprint density at radius 3 is 2.77 bits per heavy atom. The lowest BCUT2D eigenvalue weighted by Crippen LogP contribution is -2.36. The van der Waals surface area contributed by atoms with E-state index in [2.05, 4.69) is 32.9 Å². The number of hydrogen-bond donors (Lipinski definition) is 1. The minimum absolute atomic E-state index is 0.195. The molecule has 5 rings (SSSR count). The summed E-state index contributed by atoms with van der Waals surface area (Å²) >= 11 is 1.73. The Hall–Kier alpha value is -2.84. The van der Waals surface area contributed by atoms with E-state index < -0.39 is 0 Å². The summed E-state index contributed by atoms with van der Waals surface area (Å²) in [5.41, 5.74) is 1.06. The molecular formula is C22H23N3O4S. The standard InChI is InChI=1S/C22H23N3O4S/c26-22(23-14-17(21-4-3-11-30-21)25-7-1-2-8-25)16-13-19(29-24-16)15-5-6-18-20(12-15)28-10-9-27-18/h3-6,11-13,17H,1-2,7-10,14H2,(H,23,26)/t17-/m0/s1. The van der Waals surface area contributed by atoms with E-state index in [0.29, 0.717) is 37.0 Å². The number of amides is 1. The minimum atomic E-state index is -0.233. The molecule has 30 heavy (non-hydrogen) atoms. The Morgan fingerprint density at radius 2 is 1.97 bits per heavy atom. The molecule has 1 aromatic carbocycles. The van der Waals surface area contributed by atoms with Gasteiger partial charge in [0.1, 0.15) is 13.2 Å². The number of fused-ring (bicyclic) bond motifs is 1. The molecule has 7 nitrogen and oxygen atoms in total. The van der Waals surface area contributed by atoms with Crippen molar-refractivity contribution in [2.75, 3.05) is 32.8 Å². The lowest BCUT2D eigenvalue weighted by molar-refractivity contribution is 0.0929. The number of nitrogens with one attached hydrogen (secondary N) is 1. The lowest BCUT2D eigenvalue weighted by Gasteiger charge is -2.26. The normalized spacial score (nSPS) is 17.1. The highest BCUT2D eigenvalue weighted by molar-refractivity contribution is 7.10. The average molecular weight is 426 g/mol. The maximum absolute atomic E-state index is 12.7. The summed E-state index contributed by atoms with van der Waals surface area (Å²) in [6.45, 7) is 3.74. The van der Waals surface area contributed by atoms with Crippen molar-refractivity contribution < 1.29 is 18.8 Å².